The van der Waals surface area contributed by atoms with E-state index in [1.807, 2.05) is 24.3 Å². The zero-order valence-corrected chi connectivity index (χ0v) is 23.6. The normalized spacial score (nSPS) is 19.3. The van der Waals surface area contributed by atoms with E-state index in [-0.39, 0.29) is 6.04 Å². The van der Waals surface area contributed by atoms with E-state index >= 15 is 0 Å². The number of benzene rings is 2. The maximum atomic E-state index is 10.5. The minimum absolute atomic E-state index is 0.206. The van der Waals surface area contributed by atoms with Gasteiger partial charge >= 0.3 is 0 Å². The zero-order valence-electron chi connectivity index (χ0n) is 22.1. The molecule has 1 amide bonds. The molecule has 1 aliphatic carbocycles. The molecule has 1 fully saturated rings. The quantitative estimate of drug-likeness (QED) is 0.334. The average molecular weight is 540 g/mol. The molecule has 1 atom stereocenters. The van der Waals surface area contributed by atoms with Crippen LogP contribution in [0.15, 0.2) is 42.5 Å². The number of aliphatic hydroxyl groups is 1. The molecule has 2 aromatic carbocycles. The molecule has 0 spiro atoms. The van der Waals surface area contributed by atoms with Crippen LogP contribution in [0.5, 0.6) is 5.75 Å². The lowest BCUT2D eigenvalue weighted by Gasteiger charge is -2.40. The first-order chi connectivity index (χ1) is 16.7. The molecule has 3 rings (SSSR count). The molecule has 0 saturated heterocycles. The van der Waals surface area contributed by atoms with Gasteiger partial charge in [0.05, 0.1) is 5.60 Å². The van der Waals surface area contributed by atoms with Crippen LogP contribution >= 0.6 is 23.2 Å². The first kappa shape index (κ1) is 31.9. The third-order valence-electron chi connectivity index (χ3n) is 5.06. The number of carbonyl (C=O) groups excluding carboxylic acids is 2. The number of nitrogens with one attached hydrogen (secondary N) is 2. The van der Waals surface area contributed by atoms with Crippen LogP contribution in [-0.2, 0) is 16.1 Å². The molecule has 0 bridgehead atoms. The van der Waals surface area contributed by atoms with Crippen LogP contribution in [0.1, 0.15) is 71.4 Å². The highest BCUT2D eigenvalue weighted by molar-refractivity contribution is 6.31. The van der Waals surface area contributed by atoms with Gasteiger partial charge < -0.3 is 20.5 Å². The standard InChI is InChI=1S/C17H17Cl2NO2.C6H11NO2.C5H12/c1-12(13-3-2-4-15(18)7-13)9-20-10-14-5-6-16(19)8-17(14)22-11-21;1-6(9)2-5(3-6)7-4-8;1-5(2,3)4/h2-8,11-12,20H,9-10H2,1H3;4-5,9H,2-3H2,1H3,(H,7,8);1-4H3. The molecule has 0 aromatic heterocycles. The largest absolute Gasteiger partial charge is 0.428 e. The van der Waals surface area contributed by atoms with E-state index in [9.17, 15) is 9.59 Å². The van der Waals surface area contributed by atoms with E-state index in [1.165, 1.54) is 5.56 Å². The number of halogens is 2. The fourth-order valence-electron chi connectivity index (χ4n) is 3.41. The van der Waals surface area contributed by atoms with Crippen molar-refractivity contribution in [2.45, 2.75) is 78.5 Å². The molecule has 3 N–H and O–H groups in total. The van der Waals surface area contributed by atoms with E-state index in [0.29, 0.717) is 54.4 Å². The second-order valence-electron chi connectivity index (χ2n) is 10.9. The van der Waals surface area contributed by atoms with Gasteiger partial charge in [0.25, 0.3) is 6.47 Å². The molecule has 1 aliphatic rings. The van der Waals surface area contributed by atoms with Crippen molar-refractivity contribution in [2.75, 3.05) is 6.54 Å². The highest BCUT2D eigenvalue weighted by Crippen LogP contribution is 2.30. The molecular weight excluding hydrogens is 499 g/mol. The number of hydrogen-bond acceptors (Lipinski definition) is 5. The summed E-state index contributed by atoms with van der Waals surface area (Å²) in [7, 11) is 0. The lowest BCUT2D eigenvalue weighted by Crippen LogP contribution is -2.51. The summed E-state index contributed by atoms with van der Waals surface area (Å²) in [4.78, 5) is 20.4. The van der Waals surface area contributed by atoms with Gasteiger partial charge in [0.1, 0.15) is 5.75 Å². The average Bonchev–Trinajstić information content (AvgIpc) is 2.74. The van der Waals surface area contributed by atoms with E-state index in [0.717, 1.165) is 17.1 Å². The Labute approximate surface area is 225 Å². The number of rotatable bonds is 9. The Bertz CT molecular complexity index is 947. The van der Waals surface area contributed by atoms with Gasteiger partial charge in [-0.25, -0.2) is 0 Å². The summed E-state index contributed by atoms with van der Waals surface area (Å²) in [6.45, 7) is 14.4. The predicted molar refractivity (Wildman–Crippen MR) is 148 cm³/mol. The third kappa shape index (κ3) is 13.8. The van der Waals surface area contributed by atoms with E-state index in [1.54, 1.807) is 19.1 Å². The molecule has 1 saturated carbocycles. The minimum atomic E-state index is -0.527. The summed E-state index contributed by atoms with van der Waals surface area (Å²) in [6, 6.07) is 13.3. The van der Waals surface area contributed by atoms with Crippen molar-refractivity contribution in [3.8, 4) is 5.75 Å². The maximum Gasteiger partial charge on any atom is 0.298 e. The fourth-order valence-corrected chi connectivity index (χ4v) is 3.77. The van der Waals surface area contributed by atoms with Gasteiger partial charge in [-0.1, -0.05) is 76.0 Å². The molecule has 1 unspecified atom stereocenters. The van der Waals surface area contributed by atoms with Crippen LogP contribution < -0.4 is 15.4 Å². The Balaban J connectivity index is 0.000000379. The van der Waals surface area contributed by atoms with Gasteiger partial charge in [-0.15, -0.1) is 0 Å². The van der Waals surface area contributed by atoms with E-state index < -0.39 is 5.60 Å². The summed E-state index contributed by atoms with van der Waals surface area (Å²) >= 11 is 11.9. The Morgan fingerprint density at radius 2 is 1.72 bits per heavy atom. The van der Waals surface area contributed by atoms with Gasteiger partial charge in [0, 0.05) is 34.7 Å². The van der Waals surface area contributed by atoms with Crippen LogP contribution in [0.25, 0.3) is 0 Å². The summed E-state index contributed by atoms with van der Waals surface area (Å²) in [6.07, 6.45) is 2.05. The molecule has 6 nitrogen and oxygen atoms in total. The molecule has 200 valence electrons. The summed E-state index contributed by atoms with van der Waals surface area (Å²) in [5.74, 6) is 0.798. The highest BCUT2D eigenvalue weighted by atomic mass is 35.5. The van der Waals surface area contributed by atoms with Crippen LogP contribution in [0, 0.1) is 5.41 Å². The topological polar surface area (TPSA) is 87.7 Å². The second-order valence-corrected chi connectivity index (χ2v) is 11.8. The molecule has 0 aliphatic heterocycles. The monoisotopic (exact) mass is 538 g/mol. The zero-order chi connectivity index (χ0) is 27.4. The summed E-state index contributed by atoms with van der Waals surface area (Å²) in [5.41, 5.74) is 2.04. The van der Waals surface area contributed by atoms with Gasteiger partial charge in [-0.3, -0.25) is 9.59 Å². The van der Waals surface area contributed by atoms with E-state index in [4.69, 9.17) is 33.0 Å². The van der Waals surface area contributed by atoms with E-state index in [2.05, 4.69) is 51.3 Å². The van der Waals surface area contributed by atoms with Gasteiger partial charge in [0.2, 0.25) is 6.41 Å². The second kappa shape index (κ2) is 15.2. The maximum absolute atomic E-state index is 10.5. The van der Waals surface area contributed by atoms with Crippen LogP contribution in [0.2, 0.25) is 10.0 Å². The first-order valence-electron chi connectivity index (χ1n) is 12.0. The van der Waals surface area contributed by atoms with Crippen LogP contribution in [0.3, 0.4) is 0 Å². The minimum Gasteiger partial charge on any atom is -0.428 e. The Morgan fingerprint density at radius 1 is 1.11 bits per heavy atom. The Kier molecular flexibility index (Phi) is 13.5. The Hall–Kier alpha value is -2.12. The number of amides is 1. The lowest BCUT2D eigenvalue weighted by atomic mass is 9.77. The van der Waals surface area contributed by atoms with Crippen molar-refractivity contribution in [2.24, 2.45) is 5.41 Å². The van der Waals surface area contributed by atoms with Crippen LogP contribution in [-0.4, -0.2) is 36.2 Å². The van der Waals surface area contributed by atoms with Crippen molar-refractivity contribution in [1.82, 2.24) is 10.6 Å². The van der Waals surface area contributed by atoms with Crippen molar-refractivity contribution in [1.29, 1.82) is 0 Å². The van der Waals surface area contributed by atoms with Gasteiger partial charge in [-0.05, 0) is 60.9 Å². The smallest absolute Gasteiger partial charge is 0.298 e. The number of carbonyl (C=O) groups is 2. The Morgan fingerprint density at radius 3 is 2.25 bits per heavy atom. The molecular formula is C28H40Cl2N2O4. The van der Waals surface area contributed by atoms with Gasteiger partial charge in [-0.2, -0.15) is 0 Å². The van der Waals surface area contributed by atoms with Crippen molar-refractivity contribution in [3.63, 3.8) is 0 Å². The molecule has 36 heavy (non-hydrogen) atoms. The van der Waals surface area contributed by atoms with Crippen LogP contribution in [0.4, 0.5) is 0 Å². The first-order valence-corrected chi connectivity index (χ1v) is 12.8. The molecule has 0 radical (unpaired) electrons. The molecule has 8 heteroatoms. The third-order valence-corrected chi connectivity index (χ3v) is 5.53. The van der Waals surface area contributed by atoms with Crippen molar-refractivity contribution >= 4 is 36.1 Å². The fraction of sp³-hybridized carbons (Fsp3) is 0.500. The lowest BCUT2D eigenvalue weighted by molar-refractivity contribution is -0.120. The van der Waals surface area contributed by atoms with Crippen molar-refractivity contribution in [3.05, 3.63) is 63.6 Å². The number of ether oxygens (including phenoxy) is 1. The predicted octanol–water partition coefficient (Wildman–Crippen LogP) is 6.12. The highest BCUT2D eigenvalue weighted by Gasteiger charge is 2.37. The van der Waals surface area contributed by atoms with Gasteiger partial charge in [0.15, 0.2) is 0 Å². The molecule has 2 aromatic rings. The molecule has 0 heterocycles. The summed E-state index contributed by atoms with van der Waals surface area (Å²) < 4.78 is 4.95. The number of hydrogen-bond donors (Lipinski definition) is 3. The SMILES string of the molecule is CC(C)(C)C.CC(CNCc1ccc(Cl)cc1OC=O)c1cccc(Cl)c1.CC1(O)CC(NC=O)C1. The summed E-state index contributed by atoms with van der Waals surface area (Å²) in [5, 5.41) is 16.4. The van der Waals surface area contributed by atoms with Crippen molar-refractivity contribution < 1.29 is 19.4 Å².